The Morgan fingerprint density at radius 1 is 1.09 bits per heavy atom. The highest BCUT2D eigenvalue weighted by Crippen LogP contribution is 2.31. The lowest BCUT2D eigenvalue weighted by atomic mass is 10.0. The predicted molar refractivity (Wildman–Crippen MR) is 88.5 cm³/mol. The van der Waals surface area contributed by atoms with Gasteiger partial charge in [-0.2, -0.15) is 0 Å². The third-order valence-corrected chi connectivity index (χ3v) is 4.40. The van der Waals surface area contributed by atoms with E-state index in [0.29, 0.717) is 5.56 Å². The van der Waals surface area contributed by atoms with Crippen LogP contribution in [0, 0.1) is 6.92 Å². The second-order valence-electron chi connectivity index (χ2n) is 5.84. The van der Waals surface area contributed by atoms with Crippen LogP contribution in [0.5, 0.6) is 5.75 Å². The molecule has 120 valence electrons. The van der Waals surface area contributed by atoms with Crippen LogP contribution < -0.4 is 4.74 Å². The standard InChI is InChI=1S/C19H21NO3/c1-13-17(19(21)23-3)9-8-16(18(13)22-2)12-20-10-14-6-4-5-7-15(14)11-20/h4-9H,10-12H2,1-3H3. The summed E-state index contributed by atoms with van der Waals surface area (Å²) < 4.78 is 10.4. The summed E-state index contributed by atoms with van der Waals surface area (Å²) in [6.45, 7) is 4.57. The first-order valence-corrected chi connectivity index (χ1v) is 7.68. The second kappa shape index (κ2) is 6.42. The molecule has 1 aliphatic heterocycles. The normalized spacial score (nSPS) is 13.7. The first-order valence-electron chi connectivity index (χ1n) is 7.68. The number of nitrogens with zero attached hydrogens (tertiary/aromatic N) is 1. The molecule has 1 aliphatic rings. The van der Waals surface area contributed by atoms with E-state index in [2.05, 4.69) is 29.2 Å². The van der Waals surface area contributed by atoms with Gasteiger partial charge >= 0.3 is 5.97 Å². The molecule has 0 fully saturated rings. The number of hydrogen-bond acceptors (Lipinski definition) is 4. The summed E-state index contributed by atoms with van der Waals surface area (Å²) in [6.07, 6.45) is 0. The monoisotopic (exact) mass is 311 g/mol. The summed E-state index contributed by atoms with van der Waals surface area (Å²) in [5, 5.41) is 0. The number of ether oxygens (including phenoxy) is 2. The van der Waals surface area contributed by atoms with Gasteiger partial charge in [-0.1, -0.05) is 30.3 Å². The van der Waals surface area contributed by atoms with Crippen molar-refractivity contribution < 1.29 is 14.3 Å². The van der Waals surface area contributed by atoms with Gasteiger partial charge in [-0.3, -0.25) is 4.90 Å². The lowest BCUT2D eigenvalue weighted by Gasteiger charge is -2.19. The minimum Gasteiger partial charge on any atom is -0.496 e. The van der Waals surface area contributed by atoms with E-state index in [-0.39, 0.29) is 5.97 Å². The smallest absolute Gasteiger partial charge is 0.338 e. The Morgan fingerprint density at radius 3 is 2.30 bits per heavy atom. The van der Waals surface area contributed by atoms with Crippen LogP contribution in [0.15, 0.2) is 36.4 Å². The molecule has 0 radical (unpaired) electrons. The average molecular weight is 311 g/mol. The first kappa shape index (κ1) is 15.6. The van der Waals surface area contributed by atoms with Crippen LogP contribution in [-0.4, -0.2) is 25.1 Å². The fourth-order valence-corrected chi connectivity index (χ4v) is 3.24. The molecule has 0 spiro atoms. The summed E-state index contributed by atoms with van der Waals surface area (Å²) in [7, 11) is 3.04. The zero-order valence-electron chi connectivity index (χ0n) is 13.8. The van der Waals surface area contributed by atoms with Crippen molar-refractivity contribution >= 4 is 5.97 Å². The van der Waals surface area contributed by atoms with Crippen molar-refractivity contribution in [2.75, 3.05) is 14.2 Å². The molecule has 0 saturated carbocycles. The molecule has 0 bridgehead atoms. The third kappa shape index (κ3) is 2.94. The van der Waals surface area contributed by atoms with Gasteiger partial charge in [0.2, 0.25) is 0 Å². The number of esters is 1. The number of hydrogen-bond donors (Lipinski definition) is 0. The summed E-state index contributed by atoms with van der Waals surface area (Å²) in [4.78, 5) is 14.2. The Morgan fingerprint density at radius 2 is 1.74 bits per heavy atom. The Balaban J connectivity index is 1.84. The van der Waals surface area contributed by atoms with Crippen LogP contribution >= 0.6 is 0 Å². The van der Waals surface area contributed by atoms with E-state index < -0.39 is 0 Å². The average Bonchev–Trinajstić information content (AvgIpc) is 2.97. The molecule has 4 heteroatoms. The Bertz CT molecular complexity index is 714. The van der Waals surface area contributed by atoms with Crippen LogP contribution in [-0.2, 0) is 24.4 Å². The fraction of sp³-hybridized carbons (Fsp3) is 0.316. The van der Waals surface area contributed by atoms with E-state index in [1.54, 1.807) is 7.11 Å². The van der Waals surface area contributed by atoms with Gasteiger partial charge in [0.1, 0.15) is 5.75 Å². The van der Waals surface area contributed by atoms with Gasteiger partial charge in [-0.05, 0) is 24.1 Å². The molecule has 0 aromatic heterocycles. The SMILES string of the molecule is COC(=O)c1ccc(CN2Cc3ccccc3C2)c(OC)c1C. The van der Waals surface area contributed by atoms with Gasteiger partial charge in [0.15, 0.2) is 0 Å². The zero-order valence-corrected chi connectivity index (χ0v) is 13.8. The van der Waals surface area contributed by atoms with Crippen LogP contribution in [0.4, 0.5) is 0 Å². The Hall–Kier alpha value is -2.33. The van der Waals surface area contributed by atoms with Crippen molar-refractivity contribution in [3.8, 4) is 5.75 Å². The number of methoxy groups -OCH3 is 2. The van der Waals surface area contributed by atoms with Gasteiger partial charge in [0.05, 0.1) is 19.8 Å². The maximum Gasteiger partial charge on any atom is 0.338 e. The maximum absolute atomic E-state index is 11.8. The van der Waals surface area contributed by atoms with Gasteiger partial charge in [0, 0.05) is 30.8 Å². The van der Waals surface area contributed by atoms with Crippen molar-refractivity contribution in [3.63, 3.8) is 0 Å². The molecular weight excluding hydrogens is 290 g/mol. The summed E-state index contributed by atoms with van der Waals surface area (Å²) in [6, 6.07) is 12.3. The molecule has 2 aromatic rings. The molecule has 0 unspecified atom stereocenters. The zero-order chi connectivity index (χ0) is 16.4. The molecule has 3 rings (SSSR count). The van der Waals surface area contributed by atoms with Gasteiger partial charge < -0.3 is 9.47 Å². The van der Waals surface area contributed by atoms with Crippen LogP contribution in [0.25, 0.3) is 0 Å². The first-order chi connectivity index (χ1) is 11.1. The van der Waals surface area contributed by atoms with Crippen molar-refractivity contribution in [2.24, 2.45) is 0 Å². The van der Waals surface area contributed by atoms with Crippen molar-refractivity contribution in [1.82, 2.24) is 4.90 Å². The Labute approximate surface area is 136 Å². The fourth-order valence-electron chi connectivity index (χ4n) is 3.24. The molecule has 0 amide bonds. The number of rotatable bonds is 4. The van der Waals surface area contributed by atoms with Crippen LogP contribution in [0.2, 0.25) is 0 Å². The highest BCUT2D eigenvalue weighted by Gasteiger charge is 2.21. The van der Waals surface area contributed by atoms with Gasteiger partial charge in [0.25, 0.3) is 0 Å². The van der Waals surface area contributed by atoms with Crippen molar-refractivity contribution in [3.05, 3.63) is 64.2 Å². The number of carbonyl (C=O) groups excluding carboxylic acids is 1. The number of benzene rings is 2. The largest absolute Gasteiger partial charge is 0.496 e. The summed E-state index contributed by atoms with van der Waals surface area (Å²) >= 11 is 0. The molecule has 2 aromatic carbocycles. The van der Waals surface area contributed by atoms with Crippen LogP contribution in [0.1, 0.15) is 32.6 Å². The molecule has 0 atom stereocenters. The molecule has 1 heterocycles. The maximum atomic E-state index is 11.8. The third-order valence-electron chi connectivity index (χ3n) is 4.40. The van der Waals surface area contributed by atoms with E-state index in [4.69, 9.17) is 9.47 Å². The van der Waals surface area contributed by atoms with Crippen LogP contribution in [0.3, 0.4) is 0 Å². The topological polar surface area (TPSA) is 38.8 Å². The Kier molecular flexibility index (Phi) is 4.35. The quantitative estimate of drug-likeness (QED) is 0.812. The summed E-state index contributed by atoms with van der Waals surface area (Å²) in [5.74, 6) is 0.435. The van der Waals surface area contributed by atoms with E-state index in [1.165, 1.54) is 18.2 Å². The molecule has 0 saturated heterocycles. The highest BCUT2D eigenvalue weighted by atomic mass is 16.5. The van der Waals surface area contributed by atoms with E-state index >= 15 is 0 Å². The number of carbonyl (C=O) groups is 1. The minimum atomic E-state index is -0.332. The van der Waals surface area contributed by atoms with E-state index in [9.17, 15) is 4.79 Å². The summed E-state index contributed by atoms with van der Waals surface area (Å²) in [5.41, 5.74) is 5.24. The number of fused-ring (bicyclic) bond motifs is 1. The molecular formula is C19H21NO3. The molecule has 4 nitrogen and oxygen atoms in total. The van der Waals surface area contributed by atoms with Gasteiger partial charge in [-0.25, -0.2) is 4.79 Å². The van der Waals surface area contributed by atoms with E-state index in [0.717, 1.165) is 36.5 Å². The lowest BCUT2D eigenvalue weighted by Crippen LogP contribution is -2.17. The van der Waals surface area contributed by atoms with E-state index in [1.807, 2.05) is 19.1 Å². The molecule has 23 heavy (non-hydrogen) atoms. The highest BCUT2D eigenvalue weighted by molar-refractivity contribution is 5.92. The minimum absolute atomic E-state index is 0.332. The molecule has 0 N–H and O–H groups in total. The lowest BCUT2D eigenvalue weighted by molar-refractivity contribution is 0.0599. The van der Waals surface area contributed by atoms with Crippen molar-refractivity contribution in [2.45, 2.75) is 26.6 Å². The van der Waals surface area contributed by atoms with Crippen molar-refractivity contribution in [1.29, 1.82) is 0 Å². The molecule has 0 aliphatic carbocycles. The van der Waals surface area contributed by atoms with Gasteiger partial charge in [-0.15, -0.1) is 0 Å². The predicted octanol–water partition coefficient (Wildman–Crippen LogP) is 3.31. The second-order valence-corrected chi connectivity index (χ2v) is 5.84.